The lowest BCUT2D eigenvalue weighted by Crippen LogP contribution is -2.28. The Balaban J connectivity index is 1.96. The molecule has 0 aliphatic carbocycles. The number of nitrogens with one attached hydrogen (secondary N) is 1. The van der Waals surface area contributed by atoms with Crippen molar-refractivity contribution in [1.82, 2.24) is 5.32 Å². The Kier molecular flexibility index (Phi) is 5.32. The summed E-state index contributed by atoms with van der Waals surface area (Å²) in [7, 11) is 1.96. The van der Waals surface area contributed by atoms with Gasteiger partial charge < -0.3 is 9.73 Å². The van der Waals surface area contributed by atoms with Crippen LogP contribution in [-0.2, 0) is 12.8 Å². The van der Waals surface area contributed by atoms with E-state index in [1.807, 2.05) is 37.4 Å². The standard InChI is InChI=1S/C15H17Cl2NO/c1-18-12(7-8-13-5-3-9-19-13)10-11-4-2-6-14(16)15(11)17/h2-6,9,12,18H,7-8,10H2,1H3. The summed E-state index contributed by atoms with van der Waals surface area (Å²) in [4.78, 5) is 0. The number of aryl methyl sites for hydroxylation is 1. The van der Waals surface area contributed by atoms with Gasteiger partial charge in [0.1, 0.15) is 5.76 Å². The first-order valence-electron chi connectivity index (χ1n) is 6.33. The third kappa shape index (κ3) is 4.00. The second-order valence-corrected chi connectivity index (χ2v) is 5.31. The van der Waals surface area contributed by atoms with E-state index in [0.717, 1.165) is 30.6 Å². The monoisotopic (exact) mass is 297 g/mol. The van der Waals surface area contributed by atoms with Crippen LogP contribution in [0.4, 0.5) is 0 Å². The number of benzene rings is 1. The zero-order valence-corrected chi connectivity index (χ0v) is 12.3. The fourth-order valence-electron chi connectivity index (χ4n) is 2.09. The third-order valence-electron chi connectivity index (χ3n) is 3.23. The minimum Gasteiger partial charge on any atom is -0.469 e. The van der Waals surface area contributed by atoms with E-state index in [0.29, 0.717) is 16.1 Å². The van der Waals surface area contributed by atoms with Crippen molar-refractivity contribution in [2.24, 2.45) is 0 Å². The van der Waals surface area contributed by atoms with E-state index in [1.54, 1.807) is 6.26 Å². The van der Waals surface area contributed by atoms with E-state index in [2.05, 4.69) is 5.32 Å². The van der Waals surface area contributed by atoms with E-state index in [-0.39, 0.29) is 0 Å². The van der Waals surface area contributed by atoms with Gasteiger partial charge >= 0.3 is 0 Å². The average molecular weight is 298 g/mol. The molecule has 0 saturated heterocycles. The van der Waals surface area contributed by atoms with Crippen LogP contribution in [0, 0.1) is 0 Å². The van der Waals surface area contributed by atoms with E-state index in [1.165, 1.54) is 0 Å². The normalized spacial score (nSPS) is 12.6. The van der Waals surface area contributed by atoms with Crippen molar-refractivity contribution in [3.8, 4) is 0 Å². The SMILES string of the molecule is CNC(CCc1ccco1)Cc1cccc(Cl)c1Cl. The Morgan fingerprint density at radius 1 is 1.21 bits per heavy atom. The molecule has 2 aromatic rings. The Morgan fingerprint density at radius 3 is 2.74 bits per heavy atom. The molecule has 0 aliphatic rings. The predicted octanol–water partition coefficient (Wildman–Crippen LogP) is 4.35. The van der Waals surface area contributed by atoms with E-state index < -0.39 is 0 Å². The average Bonchev–Trinajstić information content (AvgIpc) is 2.92. The molecule has 102 valence electrons. The summed E-state index contributed by atoms with van der Waals surface area (Å²) in [6.07, 6.45) is 4.47. The summed E-state index contributed by atoms with van der Waals surface area (Å²) in [5.41, 5.74) is 1.08. The summed E-state index contributed by atoms with van der Waals surface area (Å²) in [5.74, 6) is 1.01. The summed E-state index contributed by atoms with van der Waals surface area (Å²) in [6, 6.07) is 10.0. The van der Waals surface area contributed by atoms with Crippen LogP contribution in [0.15, 0.2) is 41.0 Å². The molecule has 2 rings (SSSR count). The van der Waals surface area contributed by atoms with Crippen LogP contribution in [0.2, 0.25) is 10.0 Å². The van der Waals surface area contributed by atoms with E-state index in [9.17, 15) is 0 Å². The Labute approximate surface area is 123 Å². The number of furan rings is 1. The first-order chi connectivity index (χ1) is 9.20. The van der Waals surface area contributed by atoms with Gasteiger partial charge in [-0.25, -0.2) is 0 Å². The molecular weight excluding hydrogens is 281 g/mol. The summed E-state index contributed by atoms with van der Waals surface area (Å²) < 4.78 is 5.35. The van der Waals surface area contributed by atoms with Gasteiger partial charge in [0, 0.05) is 12.5 Å². The van der Waals surface area contributed by atoms with Gasteiger partial charge in [-0.15, -0.1) is 0 Å². The van der Waals surface area contributed by atoms with Crippen molar-refractivity contribution < 1.29 is 4.42 Å². The van der Waals surface area contributed by atoms with Gasteiger partial charge in [-0.05, 0) is 43.7 Å². The van der Waals surface area contributed by atoms with Crippen LogP contribution < -0.4 is 5.32 Å². The van der Waals surface area contributed by atoms with Gasteiger partial charge in [0.2, 0.25) is 0 Å². The molecule has 0 aliphatic heterocycles. The van der Waals surface area contributed by atoms with Gasteiger partial charge in [0.05, 0.1) is 16.3 Å². The molecule has 0 saturated carbocycles. The van der Waals surface area contributed by atoms with Crippen molar-refractivity contribution >= 4 is 23.2 Å². The van der Waals surface area contributed by atoms with Crippen LogP contribution >= 0.6 is 23.2 Å². The highest BCUT2D eigenvalue weighted by atomic mass is 35.5. The number of rotatable bonds is 6. The van der Waals surface area contributed by atoms with E-state index in [4.69, 9.17) is 27.6 Å². The highest BCUT2D eigenvalue weighted by Gasteiger charge is 2.12. The van der Waals surface area contributed by atoms with Crippen LogP contribution in [0.3, 0.4) is 0 Å². The topological polar surface area (TPSA) is 25.2 Å². The maximum atomic E-state index is 6.22. The second-order valence-electron chi connectivity index (χ2n) is 4.52. The molecule has 1 atom stereocenters. The summed E-state index contributed by atoms with van der Waals surface area (Å²) in [6.45, 7) is 0. The Morgan fingerprint density at radius 2 is 2.05 bits per heavy atom. The number of hydrogen-bond donors (Lipinski definition) is 1. The molecule has 0 bridgehead atoms. The van der Waals surface area contributed by atoms with Crippen LogP contribution in [0.25, 0.3) is 0 Å². The fourth-order valence-corrected chi connectivity index (χ4v) is 2.49. The molecule has 1 N–H and O–H groups in total. The molecule has 1 aromatic heterocycles. The van der Waals surface area contributed by atoms with Crippen LogP contribution in [0.5, 0.6) is 0 Å². The second kappa shape index (κ2) is 6.99. The van der Waals surface area contributed by atoms with Gasteiger partial charge in [0.25, 0.3) is 0 Å². The molecule has 4 heteroatoms. The molecule has 19 heavy (non-hydrogen) atoms. The maximum absolute atomic E-state index is 6.22. The first kappa shape index (κ1) is 14.4. The summed E-state index contributed by atoms with van der Waals surface area (Å²) >= 11 is 12.2. The first-order valence-corrected chi connectivity index (χ1v) is 7.09. The third-order valence-corrected chi connectivity index (χ3v) is 4.08. The zero-order valence-electron chi connectivity index (χ0n) is 10.8. The van der Waals surface area contributed by atoms with Crippen LogP contribution in [-0.4, -0.2) is 13.1 Å². The largest absolute Gasteiger partial charge is 0.469 e. The lowest BCUT2D eigenvalue weighted by atomic mass is 10.0. The van der Waals surface area contributed by atoms with E-state index >= 15 is 0 Å². The number of likely N-dealkylation sites (N-methyl/N-ethyl adjacent to an activating group) is 1. The molecule has 0 amide bonds. The smallest absolute Gasteiger partial charge is 0.103 e. The Hall–Kier alpha value is -0.960. The molecule has 1 heterocycles. The van der Waals surface area contributed by atoms with Crippen molar-refractivity contribution in [3.63, 3.8) is 0 Å². The predicted molar refractivity (Wildman–Crippen MR) is 80.0 cm³/mol. The number of hydrogen-bond acceptors (Lipinski definition) is 2. The molecule has 0 fully saturated rings. The minimum absolute atomic E-state index is 0.348. The minimum atomic E-state index is 0.348. The lowest BCUT2D eigenvalue weighted by molar-refractivity contribution is 0.460. The van der Waals surface area contributed by atoms with Gasteiger partial charge in [-0.1, -0.05) is 35.3 Å². The zero-order chi connectivity index (χ0) is 13.7. The highest BCUT2D eigenvalue weighted by Crippen LogP contribution is 2.26. The highest BCUT2D eigenvalue weighted by molar-refractivity contribution is 6.42. The maximum Gasteiger partial charge on any atom is 0.103 e. The Bertz CT molecular complexity index is 511. The molecule has 0 radical (unpaired) electrons. The lowest BCUT2D eigenvalue weighted by Gasteiger charge is -2.16. The summed E-state index contributed by atoms with van der Waals surface area (Å²) in [5, 5.41) is 4.58. The molecular formula is C15H17Cl2NO. The van der Waals surface area contributed by atoms with Crippen LogP contribution in [0.1, 0.15) is 17.7 Å². The van der Waals surface area contributed by atoms with Crippen molar-refractivity contribution in [3.05, 3.63) is 58.0 Å². The molecule has 1 aromatic carbocycles. The van der Waals surface area contributed by atoms with Gasteiger partial charge in [-0.2, -0.15) is 0 Å². The van der Waals surface area contributed by atoms with Crippen molar-refractivity contribution in [2.45, 2.75) is 25.3 Å². The molecule has 2 nitrogen and oxygen atoms in total. The van der Waals surface area contributed by atoms with Crippen molar-refractivity contribution in [2.75, 3.05) is 7.05 Å². The quantitative estimate of drug-likeness (QED) is 0.857. The fraction of sp³-hybridized carbons (Fsp3) is 0.333. The molecule has 1 unspecified atom stereocenters. The van der Waals surface area contributed by atoms with Crippen molar-refractivity contribution in [1.29, 1.82) is 0 Å². The molecule has 0 spiro atoms. The number of halogens is 2. The van der Waals surface area contributed by atoms with Gasteiger partial charge in [0.15, 0.2) is 0 Å². The van der Waals surface area contributed by atoms with Gasteiger partial charge in [-0.3, -0.25) is 0 Å².